The zero-order valence-electron chi connectivity index (χ0n) is 7.58. The predicted octanol–water partition coefficient (Wildman–Crippen LogP) is 2.47. The molecule has 1 atom stereocenters. The van der Waals surface area contributed by atoms with Crippen molar-refractivity contribution in [2.24, 2.45) is 0 Å². The van der Waals surface area contributed by atoms with Gasteiger partial charge in [-0.25, -0.2) is 4.98 Å². The van der Waals surface area contributed by atoms with Crippen LogP contribution in [0.1, 0.15) is 18.5 Å². The third kappa shape index (κ3) is 2.29. The molecule has 1 rings (SSSR count). The van der Waals surface area contributed by atoms with Crippen molar-refractivity contribution in [2.45, 2.75) is 13.0 Å². The van der Waals surface area contributed by atoms with Crippen LogP contribution in [0, 0.1) is 0 Å². The second-order valence-corrected chi connectivity index (χ2v) is 3.86. The molecule has 1 unspecified atom stereocenters. The summed E-state index contributed by atoms with van der Waals surface area (Å²) in [7, 11) is 4.14. The maximum Gasteiger partial charge on any atom is 0.106 e. The molecule has 0 saturated heterocycles. The summed E-state index contributed by atoms with van der Waals surface area (Å²) in [6.07, 6.45) is 1.82. The average Bonchev–Trinajstić information content (AvgIpc) is 2.03. The minimum absolute atomic E-state index is 0.435. The molecule has 0 N–H and O–H groups in total. The lowest BCUT2D eigenvalue weighted by Gasteiger charge is -2.19. The summed E-state index contributed by atoms with van der Waals surface area (Å²) in [6, 6.07) is 4.52. The first-order valence-corrected chi connectivity index (χ1v) is 4.68. The van der Waals surface area contributed by atoms with Gasteiger partial charge < -0.3 is 4.90 Å². The van der Waals surface area contributed by atoms with Crippen LogP contribution in [0.5, 0.6) is 0 Å². The van der Waals surface area contributed by atoms with Crippen molar-refractivity contribution in [1.29, 1.82) is 0 Å². The molecule has 0 aliphatic rings. The first kappa shape index (κ1) is 9.68. The van der Waals surface area contributed by atoms with Gasteiger partial charge in [-0.05, 0) is 54.6 Å². The Morgan fingerprint density at radius 1 is 1.50 bits per heavy atom. The van der Waals surface area contributed by atoms with Crippen molar-refractivity contribution in [3.63, 3.8) is 0 Å². The molecule has 12 heavy (non-hydrogen) atoms. The van der Waals surface area contributed by atoms with Crippen molar-refractivity contribution in [3.05, 3.63) is 28.5 Å². The molecule has 0 amide bonds. The van der Waals surface area contributed by atoms with Gasteiger partial charge in [0.05, 0.1) is 0 Å². The molecule has 0 radical (unpaired) electrons. The fourth-order valence-electron chi connectivity index (χ4n) is 0.975. The summed E-state index contributed by atoms with van der Waals surface area (Å²) in [5.74, 6) is 0. The van der Waals surface area contributed by atoms with E-state index < -0.39 is 0 Å². The van der Waals surface area contributed by atoms with E-state index in [2.05, 4.69) is 46.8 Å². The van der Waals surface area contributed by atoms with Gasteiger partial charge >= 0.3 is 0 Å². The van der Waals surface area contributed by atoms with Crippen LogP contribution in [0.25, 0.3) is 0 Å². The van der Waals surface area contributed by atoms with Gasteiger partial charge in [0, 0.05) is 12.2 Å². The van der Waals surface area contributed by atoms with Crippen LogP contribution in [0.3, 0.4) is 0 Å². The van der Waals surface area contributed by atoms with E-state index in [1.807, 2.05) is 18.3 Å². The van der Waals surface area contributed by atoms with Gasteiger partial charge in [-0.3, -0.25) is 0 Å². The topological polar surface area (TPSA) is 16.1 Å². The Bertz CT molecular complexity index is 260. The third-order valence-corrected chi connectivity index (χ3v) is 2.44. The molecule has 2 nitrogen and oxygen atoms in total. The highest BCUT2D eigenvalue weighted by Crippen LogP contribution is 2.18. The molecule has 0 bridgehead atoms. The lowest BCUT2D eigenvalue weighted by atomic mass is 10.1. The summed E-state index contributed by atoms with van der Waals surface area (Å²) in [4.78, 5) is 6.25. The van der Waals surface area contributed by atoms with Gasteiger partial charge in [0.1, 0.15) is 4.60 Å². The Morgan fingerprint density at radius 3 is 2.67 bits per heavy atom. The van der Waals surface area contributed by atoms with Crippen molar-refractivity contribution in [2.75, 3.05) is 14.1 Å². The van der Waals surface area contributed by atoms with Crippen LogP contribution >= 0.6 is 15.9 Å². The summed E-state index contributed by atoms with van der Waals surface area (Å²) in [5, 5.41) is 0. The standard InChI is InChI=1S/C9H13BrN2/c1-7(12(2)3)8-4-5-11-9(10)6-8/h4-7H,1-3H3. The molecule has 1 aromatic rings. The van der Waals surface area contributed by atoms with Crippen LogP contribution in [0.4, 0.5) is 0 Å². The highest BCUT2D eigenvalue weighted by Gasteiger charge is 2.07. The molecule has 0 aromatic carbocycles. The molecule has 3 heteroatoms. The largest absolute Gasteiger partial charge is 0.303 e. The fourth-order valence-corrected chi connectivity index (χ4v) is 1.36. The van der Waals surface area contributed by atoms with Gasteiger partial charge in [0.25, 0.3) is 0 Å². The summed E-state index contributed by atoms with van der Waals surface area (Å²) < 4.78 is 0.897. The SMILES string of the molecule is CC(c1ccnc(Br)c1)N(C)C. The van der Waals surface area contributed by atoms with Crippen molar-refractivity contribution in [1.82, 2.24) is 9.88 Å². The van der Waals surface area contributed by atoms with E-state index in [0.29, 0.717) is 6.04 Å². The minimum atomic E-state index is 0.435. The van der Waals surface area contributed by atoms with Crippen molar-refractivity contribution < 1.29 is 0 Å². The maximum atomic E-state index is 4.08. The number of rotatable bonds is 2. The molecule has 0 fully saturated rings. The van der Waals surface area contributed by atoms with E-state index >= 15 is 0 Å². The van der Waals surface area contributed by atoms with Gasteiger partial charge in [-0.1, -0.05) is 0 Å². The maximum absolute atomic E-state index is 4.08. The minimum Gasteiger partial charge on any atom is -0.303 e. The number of pyridine rings is 1. The molecule has 66 valence electrons. The van der Waals surface area contributed by atoms with Gasteiger partial charge in [-0.2, -0.15) is 0 Å². The van der Waals surface area contributed by atoms with Crippen LogP contribution in [-0.2, 0) is 0 Å². The molecule has 0 spiro atoms. The van der Waals surface area contributed by atoms with E-state index in [0.717, 1.165) is 4.60 Å². The number of aromatic nitrogens is 1. The monoisotopic (exact) mass is 228 g/mol. The van der Waals surface area contributed by atoms with Crippen molar-refractivity contribution >= 4 is 15.9 Å². The molecule has 0 aliphatic heterocycles. The summed E-state index contributed by atoms with van der Waals surface area (Å²) in [5.41, 5.74) is 1.28. The second kappa shape index (κ2) is 4.01. The van der Waals surface area contributed by atoms with Crippen molar-refractivity contribution in [3.8, 4) is 0 Å². The van der Waals surface area contributed by atoms with Gasteiger partial charge in [0.2, 0.25) is 0 Å². The first-order valence-electron chi connectivity index (χ1n) is 3.89. The van der Waals surface area contributed by atoms with E-state index in [9.17, 15) is 0 Å². The van der Waals surface area contributed by atoms with E-state index in [-0.39, 0.29) is 0 Å². The van der Waals surface area contributed by atoms with Crippen LogP contribution in [0.15, 0.2) is 22.9 Å². The average molecular weight is 229 g/mol. The Morgan fingerprint density at radius 2 is 2.17 bits per heavy atom. The van der Waals surface area contributed by atoms with E-state index in [1.54, 1.807) is 0 Å². The summed E-state index contributed by atoms with van der Waals surface area (Å²) in [6.45, 7) is 2.17. The molecular weight excluding hydrogens is 216 g/mol. The highest BCUT2D eigenvalue weighted by molar-refractivity contribution is 9.10. The zero-order valence-corrected chi connectivity index (χ0v) is 9.17. The highest BCUT2D eigenvalue weighted by atomic mass is 79.9. The molecule has 1 aromatic heterocycles. The predicted molar refractivity (Wildman–Crippen MR) is 54.0 cm³/mol. The summed E-state index contributed by atoms with van der Waals surface area (Å²) >= 11 is 3.35. The number of nitrogens with zero attached hydrogens (tertiary/aromatic N) is 2. The fraction of sp³-hybridized carbons (Fsp3) is 0.444. The molecule has 0 aliphatic carbocycles. The third-order valence-electron chi connectivity index (χ3n) is 2.01. The molecule has 0 saturated carbocycles. The number of hydrogen-bond donors (Lipinski definition) is 0. The Hall–Kier alpha value is -0.410. The smallest absolute Gasteiger partial charge is 0.106 e. The second-order valence-electron chi connectivity index (χ2n) is 3.05. The van der Waals surface area contributed by atoms with E-state index in [1.165, 1.54) is 5.56 Å². The molecule has 1 heterocycles. The van der Waals surface area contributed by atoms with Gasteiger partial charge in [0.15, 0.2) is 0 Å². The number of halogens is 1. The Kier molecular flexibility index (Phi) is 3.23. The quantitative estimate of drug-likeness (QED) is 0.724. The number of hydrogen-bond acceptors (Lipinski definition) is 2. The Balaban J connectivity index is 2.88. The normalized spacial score (nSPS) is 13.4. The lowest BCUT2D eigenvalue weighted by molar-refractivity contribution is 0.321. The lowest BCUT2D eigenvalue weighted by Crippen LogP contribution is -2.16. The first-order chi connectivity index (χ1) is 5.61. The Labute approximate surface area is 81.7 Å². The van der Waals surface area contributed by atoms with Crippen LogP contribution < -0.4 is 0 Å². The van der Waals surface area contributed by atoms with Crippen LogP contribution in [0.2, 0.25) is 0 Å². The van der Waals surface area contributed by atoms with Crippen LogP contribution in [-0.4, -0.2) is 24.0 Å². The molecular formula is C9H13BrN2. The van der Waals surface area contributed by atoms with E-state index in [4.69, 9.17) is 0 Å². The van der Waals surface area contributed by atoms with Gasteiger partial charge in [-0.15, -0.1) is 0 Å². The zero-order chi connectivity index (χ0) is 9.14.